The summed E-state index contributed by atoms with van der Waals surface area (Å²) in [5, 5.41) is 10.6. The molecule has 0 aromatic rings. The highest BCUT2D eigenvalue weighted by atomic mass is 32.1. The van der Waals surface area contributed by atoms with Gasteiger partial charge in [-0.25, -0.2) is 0 Å². The highest BCUT2D eigenvalue weighted by molar-refractivity contribution is 7.80. The lowest BCUT2D eigenvalue weighted by atomic mass is 9.47. The number of piperidine rings is 1. The molecule has 1 saturated heterocycles. The van der Waals surface area contributed by atoms with E-state index in [1.54, 1.807) is 0 Å². The van der Waals surface area contributed by atoms with Crippen LogP contribution in [-0.2, 0) is 4.79 Å². The van der Waals surface area contributed by atoms with E-state index in [9.17, 15) is 4.79 Å². The minimum absolute atomic E-state index is 0.120. The smallest absolute Gasteiger partial charge is 0.229 e. The number of nitrogens with one attached hydrogen (secondary N) is 3. The molecule has 1 amide bonds. The van der Waals surface area contributed by atoms with Crippen LogP contribution in [0.3, 0.4) is 0 Å². The third kappa shape index (κ3) is 3.75. The number of hydrogen-bond donors (Lipinski definition) is 3. The van der Waals surface area contributed by atoms with Crippen LogP contribution < -0.4 is 16.0 Å². The summed E-state index contributed by atoms with van der Waals surface area (Å²) in [5.41, 5.74) is 0.614. The Morgan fingerprint density at radius 2 is 1.86 bits per heavy atom. The summed E-state index contributed by atoms with van der Waals surface area (Å²) in [4.78, 5) is 13.2. The number of unbranched alkanes of at least 4 members (excludes halogenated alkanes) is 1. The van der Waals surface area contributed by atoms with E-state index >= 15 is 0 Å². The Kier molecular flexibility index (Phi) is 6.28. The second-order valence-electron chi connectivity index (χ2n) is 10.8. The van der Waals surface area contributed by atoms with Crippen molar-refractivity contribution in [2.45, 2.75) is 91.0 Å². The summed E-state index contributed by atoms with van der Waals surface area (Å²) in [6.07, 6.45) is 12.4. The van der Waals surface area contributed by atoms with Crippen molar-refractivity contribution < 1.29 is 4.79 Å². The second-order valence-corrected chi connectivity index (χ2v) is 11.3. The van der Waals surface area contributed by atoms with Crippen LogP contribution in [-0.4, -0.2) is 30.2 Å². The number of hydrogen-bond acceptors (Lipinski definition) is 3. The third-order valence-electron chi connectivity index (χ3n) is 9.52. The fourth-order valence-corrected chi connectivity index (χ4v) is 8.15. The van der Waals surface area contributed by atoms with Gasteiger partial charge in [0.05, 0.1) is 0 Å². The van der Waals surface area contributed by atoms with Crippen LogP contribution in [0, 0.1) is 34.5 Å². The van der Waals surface area contributed by atoms with Crippen molar-refractivity contribution in [3.05, 3.63) is 0 Å². The van der Waals surface area contributed by atoms with Gasteiger partial charge in [-0.05, 0) is 105 Å². The molecule has 4 rings (SSSR count). The van der Waals surface area contributed by atoms with E-state index in [-0.39, 0.29) is 17.2 Å². The Balaban J connectivity index is 1.44. The molecule has 0 aromatic carbocycles. The van der Waals surface area contributed by atoms with E-state index in [2.05, 4.69) is 36.7 Å². The number of fused-ring (bicyclic) bond motifs is 5. The first-order valence-electron chi connectivity index (χ1n) is 12.2. The molecule has 29 heavy (non-hydrogen) atoms. The highest BCUT2D eigenvalue weighted by Crippen LogP contribution is 2.65. The third-order valence-corrected chi connectivity index (χ3v) is 9.77. The van der Waals surface area contributed by atoms with Crippen LogP contribution in [0.1, 0.15) is 85.0 Å². The van der Waals surface area contributed by atoms with E-state index in [0.29, 0.717) is 22.5 Å². The molecule has 4 aliphatic rings. The van der Waals surface area contributed by atoms with Crippen molar-refractivity contribution in [3.8, 4) is 0 Å². The SMILES string of the molecule is CCCCNC(=S)NC(=O)[C@H]1CC[C@H]2[C@@H]3CC[C@H]4NCCC[C@]4(C)[C@H]3CC[C@]12C. The zero-order valence-corrected chi connectivity index (χ0v) is 19.5. The van der Waals surface area contributed by atoms with Crippen molar-refractivity contribution in [3.63, 3.8) is 0 Å². The Labute approximate surface area is 182 Å². The Hall–Kier alpha value is -0.680. The van der Waals surface area contributed by atoms with Gasteiger partial charge in [0.25, 0.3) is 0 Å². The van der Waals surface area contributed by atoms with Crippen molar-refractivity contribution in [2.24, 2.45) is 34.5 Å². The highest BCUT2D eigenvalue weighted by Gasteiger charge is 2.60. The summed E-state index contributed by atoms with van der Waals surface area (Å²) in [7, 11) is 0. The predicted octanol–water partition coefficient (Wildman–Crippen LogP) is 4.39. The number of carbonyl (C=O) groups excluding carboxylic acids is 1. The maximum atomic E-state index is 13.2. The first-order chi connectivity index (χ1) is 13.9. The number of amides is 1. The van der Waals surface area contributed by atoms with Gasteiger partial charge >= 0.3 is 0 Å². The Morgan fingerprint density at radius 1 is 1.07 bits per heavy atom. The van der Waals surface area contributed by atoms with E-state index in [1.165, 1.54) is 51.5 Å². The average Bonchev–Trinajstić information content (AvgIpc) is 3.05. The van der Waals surface area contributed by atoms with Crippen molar-refractivity contribution in [2.75, 3.05) is 13.1 Å². The Bertz CT molecular complexity index is 640. The summed E-state index contributed by atoms with van der Waals surface area (Å²) in [6.45, 7) is 9.20. The van der Waals surface area contributed by atoms with Crippen LogP contribution in [0.25, 0.3) is 0 Å². The number of rotatable bonds is 4. The molecule has 0 radical (unpaired) electrons. The van der Waals surface area contributed by atoms with Gasteiger partial charge < -0.3 is 16.0 Å². The Morgan fingerprint density at radius 3 is 2.66 bits per heavy atom. The molecule has 0 unspecified atom stereocenters. The van der Waals surface area contributed by atoms with E-state index < -0.39 is 0 Å². The molecule has 3 aliphatic carbocycles. The molecule has 4 nitrogen and oxygen atoms in total. The fourth-order valence-electron chi connectivity index (χ4n) is 7.95. The molecule has 4 fully saturated rings. The lowest BCUT2D eigenvalue weighted by Crippen LogP contribution is -2.60. The lowest BCUT2D eigenvalue weighted by Gasteiger charge is -2.60. The van der Waals surface area contributed by atoms with Crippen LogP contribution in [0.4, 0.5) is 0 Å². The van der Waals surface area contributed by atoms with Crippen LogP contribution >= 0.6 is 12.2 Å². The molecule has 0 bridgehead atoms. The fraction of sp³-hybridized carbons (Fsp3) is 0.917. The van der Waals surface area contributed by atoms with Crippen LogP contribution in [0.15, 0.2) is 0 Å². The molecular weight excluding hydrogens is 378 g/mol. The molecular formula is C24H41N3OS. The van der Waals surface area contributed by atoms with Crippen LogP contribution in [0.2, 0.25) is 0 Å². The number of thiocarbonyl (C=S) groups is 1. The van der Waals surface area contributed by atoms with Gasteiger partial charge in [-0.15, -0.1) is 0 Å². The average molecular weight is 420 g/mol. The minimum Gasteiger partial charge on any atom is -0.362 e. The maximum Gasteiger partial charge on any atom is 0.229 e. The summed E-state index contributed by atoms with van der Waals surface area (Å²) < 4.78 is 0. The van der Waals surface area contributed by atoms with Crippen LogP contribution in [0.5, 0.6) is 0 Å². The van der Waals surface area contributed by atoms with Gasteiger partial charge in [-0.2, -0.15) is 0 Å². The molecule has 1 heterocycles. The summed E-state index contributed by atoms with van der Waals surface area (Å²) >= 11 is 5.38. The largest absolute Gasteiger partial charge is 0.362 e. The second kappa shape index (κ2) is 8.45. The van der Waals surface area contributed by atoms with Gasteiger partial charge in [-0.1, -0.05) is 27.2 Å². The molecule has 0 spiro atoms. The van der Waals surface area contributed by atoms with Gasteiger partial charge in [0.15, 0.2) is 5.11 Å². The summed E-state index contributed by atoms with van der Waals surface area (Å²) in [5.74, 6) is 2.64. The van der Waals surface area contributed by atoms with Gasteiger partial charge in [0.2, 0.25) is 5.91 Å². The molecule has 3 N–H and O–H groups in total. The monoisotopic (exact) mass is 419 g/mol. The van der Waals surface area contributed by atoms with E-state index in [0.717, 1.165) is 37.6 Å². The molecule has 0 aromatic heterocycles. The first kappa shape index (κ1) is 21.5. The van der Waals surface area contributed by atoms with Crippen molar-refractivity contribution >= 4 is 23.2 Å². The van der Waals surface area contributed by atoms with Crippen molar-refractivity contribution in [1.29, 1.82) is 0 Å². The first-order valence-corrected chi connectivity index (χ1v) is 12.6. The van der Waals surface area contributed by atoms with Gasteiger partial charge in [0, 0.05) is 18.5 Å². The standard InChI is InChI=1S/C24H41N3OS/c1-4-5-14-26-22(29)27-21(28)19-9-8-17-16-7-10-20-24(3,12-6-15-25-20)18(16)11-13-23(17,19)2/h16-20,25H,4-15H2,1-3H3,(H2,26,27,28,29)/t16-,17-,18-,19+,20+,23-,24+/m0/s1. The predicted molar refractivity (Wildman–Crippen MR) is 123 cm³/mol. The molecule has 5 heteroatoms. The zero-order chi connectivity index (χ0) is 20.6. The van der Waals surface area contributed by atoms with Gasteiger partial charge in [-0.3, -0.25) is 4.79 Å². The zero-order valence-electron chi connectivity index (χ0n) is 18.7. The maximum absolute atomic E-state index is 13.2. The minimum atomic E-state index is 0.120. The quantitative estimate of drug-likeness (QED) is 0.467. The van der Waals surface area contributed by atoms with Gasteiger partial charge in [0.1, 0.15) is 0 Å². The van der Waals surface area contributed by atoms with Crippen molar-refractivity contribution in [1.82, 2.24) is 16.0 Å². The lowest BCUT2D eigenvalue weighted by molar-refractivity contribution is -0.133. The topological polar surface area (TPSA) is 53.2 Å². The molecule has 164 valence electrons. The normalized spacial score (nSPS) is 43.6. The molecule has 1 aliphatic heterocycles. The molecule has 3 saturated carbocycles. The van der Waals surface area contributed by atoms with E-state index in [4.69, 9.17) is 12.2 Å². The van der Waals surface area contributed by atoms with E-state index in [1.807, 2.05) is 0 Å². The summed E-state index contributed by atoms with van der Waals surface area (Å²) in [6, 6.07) is 0.717. The molecule has 7 atom stereocenters. The number of carbonyl (C=O) groups is 1.